The van der Waals surface area contributed by atoms with E-state index in [2.05, 4.69) is 4.98 Å². The smallest absolute Gasteiger partial charge is 0.280 e. The van der Waals surface area contributed by atoms with Crippen LogP contribution in [0.5, 0.6) is 0 Å². The molecule has 122 valence electrons. The van der Waals surface area contributed by atoms with Crippen molar-refractivity contribution in [2.45, 2.75) is 18.9 Å². The van der Waals surface area contributed by atoms with Crippen LogP contribution in [0.1, 0.15) is 32.1 Å². The maximum absolute atomic E-state index is 12.5. The van der Waals surface area contributed by atoms with Crippen LogP contribution >= 0.6 is 11.3 Å². The highest BCUT2D eigenvalue weighted by Gasteiger charge is 2.43. The molecule has 0 spiro atoms. The van der Waals surface area contributed by atoms with Gasteiger partial charge >= 0.3 is 0 Å². The number of thiophene rings is 1. The van der Waals surface area contributed by atoms with Crippen molar-refractivity contribution in [2.24, 2.45) is 0 Å². The lowest BCUT2D eigenvalue weighted by Gasteiger charge is -2.22. The van der Waals surface area contributed by atoms with Crippen molar-refractivity contribution in [1.29, 1.82) is 0 Å². The molecule has 1 fully saturated rings. The minimum Gasteiger partial charge on any atom is -0.340 e. The van der Waals surface area contributed by atoms with Crippen LogP contribution < -0.4 is 0 Å². The number of likely N-dealkylation sites (tertiary alicyclic amines) is 1. The fraction of sp³-hybridized carbons (Fsp3) is 0.294. The van der Waals surface area contributed by atoms with Gasteiger partial charge in [-0.2, -0.15) is 0 Å². The highest BCUT2D eigenvalue weighted by molar-refractivity contribution is 7.10. The molecule has 1 unspecified atom stereocenters. The lowest BCUT2D eigenvalue weighted by atomic mass is 10.2. The molecule has 0 N–H and O–H groups in total. The fourth-order valence-electron chi connectivity index (χ4n) is 3.27. The van der Waals surface area contributed by atoms with Crippen LogP contribution in [0.4, 0.5) is 0 Å². The molecule has 0 aliphatic carbocycles. The standard InChI is InChI=1S/C17H15N3O3S/c21-14(9-12-3-2-8-24-12)19-7-5-11(10-19)20-16(22)13-4-1-6-18-15(13)17(20)23/h1-4,6,8,11H,5,7,9-10H2. The molecule has 0 radical (unpaired) electrons. The van der Waals surface area contributed by atoms with Gasteiger partial charge in [-0.25, -0.2) is 0 Å². The van der Waals surface area contributed by atoms with Crippen molar-refractivity contribution in [1.82, 2.24) is 14.8 Å². The molecule has 4 heterocycles. The first-order valence-electron chi connectivity index (χ1n) is 7.78. The van der Waals surface area contributed by atoms with Crippen LogP contribution in [-0.4, -0.2) is 51.6 Å². The van der Waals surface area contributed by atoms with Crippen LogP contribution in [0.2, 0.25) is 0 Å². The zero-order valence-electron chi connectivity index (χ0n) is 12.8. The van der Waals surface area contributed by atoms with E-state index in [1.807, 2.05) is 17.5 Å². The number of hydrogen-bond donors (Lipinski definition) is 0. The molecule has 24 heavy (non-hydrogen) atoms. The topological polar surface area (TPSA) is 70.6 Å². The van der Waals surface area contributed by atoms with Gasteiger partial charge in [0.25, 0.3) is 11.8 Å². The maximum Gasteiger partial charge on any atom is 0.280 e. The number of imide groups is 1. The molecule has 2 aromatic rings. The van der Waals surface area contributed by atoms with Gasteiger partial charge in [0, 0.05) is 24.2 Å². The van der Waals surface area contributed by atoms with Gasteiger partial charge in [-0.1, -0.05) is 6.07 Å². The van der Waals surface area contributed by atoms with Crippen molar-refractivity contribution in [3.8, 4) is 0 Å². The second-order valence-corrected chi connectivity index (χ2v) is 6.95. The van der Waals surface area contributed by atoms with E-state index in [1.165, 1.54) is 11.1 Å². The molecule has 3 amide bonds. The van der Waals surface area contributed by atoms with Crippen molar-refractivity contribution in [2.75, 3.05) is 13.1 Å². The normalized spacial score (nSPS) is 19.9. The first-order chi connectivity index (χ1) is 11.6. The highest BCUT2D eigenvalue weighted by Crippen LogP contribution is 2.27. The van der Waals surface area contributed by atoms with Crippen LogP contribution in [0, 0.1) is 0 Å². The van der Waals surface area contributed by atoms with Gasteiger partial charge in [-0.05, 0) is 30.0 Å². The summed E-state index contributed by atoms with van der Waals surface area (Å²) in [6, 6.07) is 6.86. The minimum atomic E-state index is -0.354. The fourth-order valence-corrected chi connectivity index (χ4v) is 3.97. The molecule has 6 nitrogen and oxygen atoms in total. The molecule has 1 saturated heterocycles. The zero-order chi connectivity index (χ0) is 16.7. The molecular formula is C17H15N3O3S. The summed E-state index contributed by atoms with van der Waals surface area (Å²) in [7, 11) is 0. The lowest BCUT2D eigenvalue weighted by molar-refractivity contribution is -0.129. The van der Waals surface area contributed by atoms with Crippen LogP contribution in [-0.2, 0) is 11.2 Å². The van der Waals surface area contributed by atoms with Crippen molar-refractivity contribution >= 4 is 29.1 Å². The summed E-state index contributed by atoms with van der Waals surface area (Å²) in [6.07, 6.45) is 2.49. The van der Waals surface area contributed by atoms with Gasteiger partial charge in [-0.15, -0.1) is 11.3 Å². The predicted octanol–water partition coefficient (Wildman–Crippen LogP) is 1.58. The summed E-state index contributed by atoms with van der Waals surface area (Å²) < 4.78 is 0. The van der Waals surface area contributed by atoms with Gasteiger partial charge in [0.05, 0.1) is 18.0 Å². The largest absolute Gasteiger partial charge is 0.340 e. The third kappa shape index (κ3) is 2.41. The van der Waals surface area contributed by atoms with Gasteiger partial charge in [-0.3, -0.25) is 24.3 Å². The number of carbonyl (C=O) groups excluding carboxylic acids is 3. The summed E-state index contributed by atoms with van der Waals surface area (Å²) in [6.45, 7) is 0.964. The molecular weight excluding hydrogens is 326 g/mol. The van der Waals surface area contributed by atoms with E-state index in [1.54, 1.807) is 28.4 Å². The number of rotatable bonds is 3. The van der Waals surface area contributed by atoms with E-state index in [4.69, 9.17) is 0 Å². The average Bonchev–Trinajstić information content (AvgIpc) is 3.30. The summed E-state index contributed by atoms with van der Waals surface area (Å²) in [5.41, 5.74) is 0.566. The molecule has 0 aromatic carbocycles. The molecule has 7 heteroatoms. The second kappa shape index (κ2) is 5.83. The third-order valence-electron chi connectivity index (χ3n) is 4.47. The summed E-state index contributed by atoms with van der Waals surface area (Å²) in [5, 5.41) is 1.95. The SMILES string of the molecule is O=C(Cc1cccs1)N1CCC(N2C(=O)c3cccnc3C2=O)C1. The van der Waals surface area contributed by atoms with E-state index in [0.29, 0.717) is 31.5 Å². The predicted molar refractivity (Wildman–Crippen MR) is 87.7 cm³/mol. The summed E-state index contributed by atoms with van der Waals surface area (Å²) in [4.78, 5) is 45.4. The van der Waals surface area contributed by atoms with Crippen molar-refractivity contribution < 1.29 is 14.4 Å². The van der Waals surface area contributed by atoms with E-state index in [0.717, 1.165) is 4.88 Å². The maximum atomic E-state index is 12.5. The number of fused-ring (bicyclic) bond motifs is 1. The Morgan fingerprint density at radius 1 is 1.25 bits per heavy atom. The Bertz CT molecular complexity index is 783. The Morgan fingerprint density at radius 2 is 2.12 bits per heavy atom. The Kier molecular flexibility index (Phi) is 3.65. The Morgan fingerprint density at radius 3 is 2.88 bits per heavy atom. The average molecular weight is 341 g/mol. The highest BCUT2D eigenvalue weighted by atomic mass is 32.1. The monoisotopic (exact) mass is 341 g/mol. The number of nitrogens with zero attached hydrogens (tertiary/aromatic N) is 3. The minimum absolute atomic E-state index is 0.0367. The second-order valence-electron chi connectivity index (χ2n) is 5.92. The first kappa shape index (κ1) is 15.0. The molecule has 2 aromatic heterocycles. The summed E-state index contributed by atoms with van der Waals surface area (Å²) in [5.74, 6) is -0.622. The number of amides is 3. The number of aromatic nitrogens is 1. The van der Waals surface area contributed by atoms with E-state index in [9.17, 15) is 14.4 Å². The molecule has 2 aliphatic heterocycles. The van der Waals surface area contributed by atoms with E-state index < -0.39 is 0 Å². The number of carbonyl (C=O) groups is 3. The molecule has 4 rings (SSSR count). The third-order valence-corrected chi connectivity index (χ3v) is 5.34. The Hall–Kier alpha value is -2.54. The van der Waals surface area contributed by atoms with E-state index >= 15 is 0 Å². The molecule has 0 bridgehead atoms. The molecule has 0 saturated carbocycles. The van der Waals surface area contributed by atoms with Crippen LogP contribution in [0.3, 0.4) is 0 Å². The van der Waals surface area contributed by atoms with Gasteiger partial charge < -0.3 is 4.90 Å². The van der Waals surface area contributed by atoms with Crippen molar-refractivity contribution in [3.63, 3.8) is 0 Å². The van der Waals surface area contributed by atoms with Crippen molar-refractivity contribution in [3.05, 3.63) is 52.0 Å². The van der Waals surface area contributed by atoms with Gasteiger partial charge in [0.15, 0.2) is 0 Å². The first-order valence-corrected chi connectivity index (χ1v) is 8.66. The lowest BCUT2D eigenvalue weighted by Crippen LogP contribution is -2.42. The zero-order valence-corrected chi connectivity index (χ0v) is 13.7. The van der Waals surface area contributed by atoms with Crippen LogP contribution in [0.15, 0.2) is 35.8 Å². The summed E-state index contributed by atoms with van der Waals surface area (Å²) >= 11 is 1.55. The molecule has 2 aliphatic rings. The number of pyridine rings is 1. The Labute approximate surface area is 142 Å². The number of hydrogen-bond acceptors (Lipinski definition) is 5. The van der Waals surface area contributed by atoms with Gasteiger partial charge in [0.2, 0.25) is 5.91 Å². The van der Waals surface area contributed by atoms with Gasteiger partial charge in [0.1, 0.15) is 5.69 Å². The quantitative estimate of drug-likeness (QED) is 0.795. The Balaban J connectivity index is 1.47. The van der Waals surface area contributed by atoms with Crippen LogP contribution in [0.25, 0.3) is 0 Å². The molecule has 1 atom stereocenters. The van der Waals surface area contributed by atoms with E-state index in [-0.39, 0.29) is 29.5 Å².